The molecule has 2 unspecified atom stereocenters. The van der Waals surface area contributed by atoms with E-state index in [2.05, 4.69) is 37.4 Å². The molecular formula is C22H21FN6O3. The summed E-state index contributed by atoms with van der Waals surface area (Å²) in [7, 11) is 3.19. The van der Waals surface area contributed by atoms with Crippen LogP contribution in [0.3, 0.4) is 0 Å². The number of imidazole rings is 1. The number of carbonyl (C=O) groups is 1. The molecule has 1 amide bonds. The molecule has 1 aromatic carbocycles. The van der Waals surface area contributed by atoms with Crippen molar-refractivity contribution in [3.8, 4) is 11.8 Å². The van der Waals surface area contributed by atoms with Crippen molar-refractivity contribution in [2.75, 3.05) is 19.4 Å². The van der Waals surface area contributed by atoms with Crippen molar-refractivity contribution >= 4 is 22.9 Å². The van der Waals surface area contributed by atoms with Crippen molar-refractivity contribution in [1.29, 1.82) is 0 Å². The van der Waals surface area contributed by atoms with Crippen LogP contribution < -0.4 is 10.6 Å². The fourth-order valence-corrected chi connectivity index (χ4v) is 4.84. The predicted molar refractivity (Wildman–Crippen MR) is 113 cm³/mol. The summed E-state index contributed by atoms with van der Waals surface area (Å²) < 4.78 is 15.6. The summed E-state index contributed by atoms with van der Waals surface area (Å²) in [5, 5.41) is 27.0. The number of nitrogens with zero attached hydrogens (tertiary/aromatic N) is 4. The second kappa shape index (κ2) is 7.25. The van der Waals surface area contributed by atoms with Gasteiger partial charge in [-0.25, -0.2) is 19.3 Å². The Morgan fingerprint density at radius 2 is 2.03 bits per heavy atom. The number of aliphatic hydroxyl groups is 2. The number of aliphatic hydroxyl groups excluding tert-OH is 2. The van der Waals surface area contributed by atoms with E-state index in [1.807, 2.05) is 0 Å². The summed E-state index contributed by atoms with van der Waals surface area (Å²) >= 11 is 0. The number of fused-ring (bicyclic) bond motifs is 2. The molecule has 0 spiro atoms. The molecule has 2 aromatic heterocycles. The van der Waals surface area contributed by atoms with E-state index in [0.29, 0.717) is 23.4 Å². The number of benzene rings is 1. The number of nitrogens with one attached hydrogen (secondary N) is 2. The van der Waals surface area contributed by atoms with Crippen LogP contribution in [0.25, 0.3) is 11.2 Å². The maximum atomic E-state index is 13.9. The van der Waals surface area contributed by atoms with Gasteiger partial charge in [-0.15, -0.1) is 0 Å². The Bertz CT molecular complexity index is 1300. The third kappa shape index (κ3) is 2.78. The first-order valence-corrected chi connectivity index (χ1v) is 10.2. The molecule has 2 saturated carbocycles. The molecule has 0 saturated heterocycles. The van der Waals surface area contributed by atoms with Gasteiger partial charge in [0.15, 0.2) is 17.0 Å². The van der Waals surface area contributed by atoms with E-state index >= 15 is 0 Å². The zero-order valence-corrected chi connectivity index (χ0v) is 17.4. The topological polar surface area (TPSA) is 125 Å². The quantitative estimate of drug-likeness (QED) is 0.439. The Hall–Kier alpha value is -3.55. The summed E-state index contributed by atoms with van der Waals surface area (Å²) in [6.45, 7) is 0. The Balaban J connectivity index is 1.59. The second-order valence-corrected chi connectivity index (χ2v) is 8.06. The molecule has 5 atom stereocenters. The van der Waals surface area contributed by atoms with Crippen LogP contribution in [0.4, 0.5) is 10.2 Å². The monoisotopic (exact) mass is 436 g/mol. The van der Waals surface area contributed by atoms with Gasteiger partial charge in [0, 0.05) is 20.0 Å². The lowest BCUT2D eigenvalue weighted by atomic mass is 9.98. The van der Waals surface area contributed by atoms with Crippen molar-refractivity contribution in [3.63, 3.8) is 0 Å². The van der Waals surface area contributed by atoms with Gasteiger partial charge in [0.25, 0.3) is 0 Å². The van der Waals surface area contributed by atoms with Crippen molar-refractivity contribution in [2.24, 2.45) is 11.3 Å². The summed E-state index contributed by atoms with van der Waals surface area (Å²) in [4.78, 5) is 25.7. The zero-order valence-electron chi connectivity index (χ0n) is 17.4. The van der Waals surface area contributed by atoms with Crippen molar-refractivity contribution in [3.05, 3.63) is 47.8 Å². The molecule has 3 aromatic rings. The van der Waals surface area contributed by atoms with Gasteiger partial charge in [-0.2, -0.15) is 0 Å². The lowest BCUT2D eigenvalue weighted by molar-refractivity contribution is -0.132. The van der Waals surface area contributed by atoms with Gasteiger partial charge in [-0.3, -0.25) is 4.79 Å². The molecule has 2 aliphatic rings. The number of hydrogen-bond donors (Lipinski definition) is 4. The molecule has 4 N–H and O–H groups in total. The molecule has 0 radical (unpaired) electrons. The van der Waals surface area contributed by atoms with E-state index in [4.69, 9.17) is 0 Å². The highest BCUT2D eigenvalue weighted by molar-refractivity contribution is 5.88. The molecule has 164 valence electrons. The first-order chi connectivity index (χ1) is 15.4. The van der Waals surface area contributed by atoms with Crippen LogP contribution in [-0.2, 0) is 4.79 Å². The van der Waals surface area contributed by atoms with E-state index in [1.54, 1.807) is 29.8 Å². The number of halogens is 1. The van der Waals surface area contributed by atoms with Crippen LogP contribution in [-0.4, -0.2) is 61.9 Å². The number of anilines is 1. The molecule has 5 rings (SSSR count). The Morgan fingerprint density at radius 3 is 2.75 bits per heavy atom. The molecule has 2 aliphatic carbocycles. The minimum atomic E-state index is -1.19. The van der Waals surface area contributed by atoms with Crippen LogP contribution in [0.5, 0.6) is 0 Å². The predicted octanol–water partition coefficient (Wildman–Crippen LogP) is 0.436. The van der Waals surface area contributed by atoms with E-state index < -0.39 is 29.5 Å². The number of amides is 1. The number of aromatic nitrogens is 4. The normalized spacial score (nSPS) is 28.0. The smallest absolute Gasteiger partial charge is 0.229 e. The first kappa shape index (κ1) is 20.4. The van der Waals surface area contributed by atoms with Gasteiger partial charge in [-0.1, -0.05) is 18.1 Å². The highest BCUT2D eigenvalue weighted by Crippen LogP contribution is 2.67. The Kier molecular flexibility index (Phi) is 4.62. The molecule has 0 aliphatic heterocycles. The van der Waals surface area contributed by atoms with E-state index in [-0.39, 0.29) is 23.2 Å². The molecule has 2 heterocycles. The first-order valence-electron chi connectivity index (χ1n) is 10.2. The molecule has 9 nitrogen and oxygen atoms in total. The second-order valence-electron chi connectivity index (χ2n) is 8.06. The standard InChI is InChI=1S/C22H21FN6O3/c1-24-19-15-20(28-14(27-19)8-7-11-5-3-4-6-13(11)23)29(10-26-15)16-12-9-22(12,21(32)25-2)18(31)17(16)30/h3-6,10,12,16-18,30-31H,9H2,1-2H3,(H,25,32)(H,24,27,28)/t12?,16-,17?,18+,22-/m1/s1. The van der Waals surface area contributed by atoms with Crippen molar-refractivity contribution in [1.82, 2.24) is 24.8 Å². The average Bonchev–Trinajstić information content (AvgIpc) is 3.34. The average molecular weight is 436 g/mol. The van der Waals surface area contributed by atoms with Crippen LogP contribution in [0.1, 0.15) is 23.9 Å². The number of rotatable bonds is 3. The maximum absolute atomic E-state index is 13.9. The zero-order chi connectivity index (χ0) is 22.6. The number of hydrogen-bond acceptors (Lipinski definition) is 7. The minimum absolute atomic E-state index is 0.147. The largest absolute Gasteiger partial charge is 0.389 e. The van der Waals surface area contributed by atoms with E-state index in [0.717, 1.165) is 0 Å². The van der Waals surface area contributed by atoms with Crippen LogP contribution in [0.15, 0.2) is 30.6 Å². The van der Waals surface area contributed by atoms with Crippen LogP contribution >= 0.6 is 0 Å². The molecule has 0 bridgehead atoms. The summed E-state index contributed by atoms with van der Waals surface area (Å²) in [5.41, 5.74) is 0.0713. The number of carbonyl (C=O) groups excluding carboxylic acids is 1. The molecule has 32 heavy (non-hydrogen) atoms. The van der Waals surface area contributed by atoms with Crippen LogP contribution in [0.2, 0.25) is 0 Å². The van der Waals surface area contributed by atoms with Gasteiger partial charge in [0.2, 0.25) is 11.7 Å². The van der Waals surface area contributed by atoms with E-state index in [1.165, 1.54) is 19.4 Å². The molecular weight excluding hydrogens is 415 g/mol. The molecule has 2 fully saturated rings. The summed E-state index contributed by atoms with van der Waals surface area (Å²) in [6.07, 6.45) is -0.378. The van der Waals surface area contributed by atoms with Crippen LogP contribution in [0, 0.1) is 29.0 Å². The summed E-state index contributed by atoms with van der Waals surface area (Å²) in [6, 6.07) is 5.57. The summed E-state index contributed by atoms with van der Waals surface area (Å²) in [5.74, 6) is 5.10. The third-order valence-corrected chi connectivity index (χ3v) is 6.48. The minimum Gasteiger partial charge on any atom is -0.389 e. The molecule has 10 heteroatoms. The van der Waals surface area contributed by atoms with Gasteiger partial charge in [0.1, 0.15) is 11.9 Å². The highest BCUT2D eigenvalue weighted by atomic mass is 19.1. The SMILES string of the molecule is CNC(=O)[C@]12CC1[C@@H](n1cnc3c(NC)nc(C#Cc4ccccc4F)nc31)C(O)[C@@H]2O. The van der Waals surface area contributed by atoms with Crippen molar-refractivity contribution in [2.45, 2.75) is 24.7 Å². The Morgan fingerprint density at radius 1 is 1.25 bits per heavy atom. The van der Waals surface area contributed by atoms with Gasteiger partial charge in [0.05, 0.1) is 29.5 Å². The van der Waals surface area contributed by atoms with Gasteiger partial charge < -0.3 is 25.4 Å². The van der Waals surface area contributed by atoms with E-state index in [9.17, 15) is 19.4 Å². The lowest BCUT2D eigenvalue weighted by Gasteiger charge is -2.23. The van der Waals surface area contributed by atoms with Gasteiger partial charge >= 0.3 is 0 Å². The van der Waals surface area contributed by atoms with Crippen molar-refractivity contribution < 1.29 is 19.4 Å². The maximum Gasteiger partial charge on any atom is 0.229 e. The fraction of sp³-hybridized carbons (Fsp3) is 0.364. The fourth-order valence-electron chi connectivity index (χ4n) is 4.84. The Labute approximate surface area is 182 Å². The lowest BCUT2D eigenvalue weighted by Crippen LogP contribution is -2.41. The highest BCUT2D eigenvalue weighted by Gasteiger charge is 2.75. The third-order valence-electron chi connectivity index (χ3n) is 6.48. The van der Waals surface area contributed by atoms with Gasteiger partial charge in [-0.05, 0) is 24.5 Å².